The summed E-state index contributed by atoms with van der Waals surface area (Å²) in [6.45, 7) is 4.53. The van der Waals surface area contributed by atoms with Gasteiger partial charge < -0.3 is 5.73 Å². The van der Waals surface area contributed by atoms with Gasteiger partial charge in [0.25, 0.3) is 0 Å². The number of benzene rings is 1. The van der Waals surface area contributed by atoms with Gasteiger partial charge in [-0.3, -0.25) is 0 Å². The van der Waals surface area contributed by atoms with Crippen LogP contribution in [0.2, 0.25) is 0 Å². The zero-order chi connectivity index (χ0) is 12.3. The highest BCUT2D eigenvalue weighted by Gasteiger charge is 2.42. The normalized spacial score (nSPS) is 26.5. The zero-order valence-electron chi connectivity index (χ0n) is 10.8. The second kappa shape index (κ2) is 5.92. The number of hydrogen-bond donors (Lipinski definition) is 1. The standard InChI is InChI=1S/C15H23NS/c1-3-11(2)17-10-15(16)14-9-13(14)12-7-5-4-6-8-12/h4-8,11,13-15H,3,9-10,16H2,1-2H3. The van der Waals surface area contributed by atoms with Crippen molar-refractivity contribution in [2.24, 2.45) is 11.7 Å². The van der Waals surface area contributed by atoms with Gasteiger partial charge in [-0.05, 0) is 30.2 Å². The second-order valence-electron chi connectivity index (χ2n) is 5.13. The highest BCUT2D eigenvalue weighted by Crippen LogP contribution is 2.49. The average molecular weight is 249 g/mol. The fraction of sp³-hybridized carbons (Fsp3) is 0.600. The molecule has 4 unspecified atom stereocenters. The van der Waals surface area contributed by atoms with Crippen LogP contribution >= 0.6 is 11.8 Å². The van der Waals surface area contributed by atoms with E-state index in [0.717, 1.165) is 16.9 Å². The van der Waals surface area contributed by atoms with Crippen LogP contribution in [0.15, 0.2) is 30.3 Å². The maximum Gasteiger partial charge on any atom is 0.0165 e. The van der Waals surface area contributed by atoms with Gasteiger partial charge >= 0.3 is 0 Å². The highest BCUT2D eigenvalue weighted by atomic mass is 32.2. The molecule has 1 saturated carbocycles. The lowest BCUT2D eigenvalue weighted by Gasteiger charge is -2.14. The van der Waals surface area contributed by atoms with Crippen molar-refractivity contribution < 1.29 is 0 Å². The summed E-state index contributed by atoms with van der Waals surface area (Å²) in [6.07, 6.45) is 2.52. The van der Waals surface area contributed by atoms with E-state index >= 15 is 0 Å². The minimum absolute atomic E-state index is 0.374. The Morgan fingerprint density at radius 2 is 2.06 bits per heavy atom. The van der Waals surface area contributed by atoms with Crippen LogP contribution in [-0.2, 0) is 0 Å². The van der Waals surface area contributed by atoms with Crippen LogP contribution in [0.1, 0.15) is 38.2 Å². The summed E-state index contributed by atoms with van der Waals surface area (Å²) in [5, 5.41) is 0.745. The van der Waals surface area contributed by atoms with Crippen LogP contribution in [0.3, 0.4) is 0 Å². The van der Waals surface area contributed by atoms with Gasteiger partial charge in [-0.1, -0.05) is 44.2 Å². The fourth-order valence-corrected chi connectivity index (χ4v) is 3.32. The third kappa shape index (κ3) is 3.49. The van der Waals surface area contributed by atoms with Gasteiger partial charge in [0.2, 0.25) is 0 Å². The minimum atomic E-state index is 0.374. The molecule has 1 aliphatic rings. The van der Waals surface area contributed by atoms with Crippen LogP contribution in [0.25, 0.3) is 0 Å². The first-order valence-electron chi connectivity index (χ1n) is 6.64. The summed E-state index contributed by atoms with van der Waals surface area (Å²) in [5.74, 6) is 2.56. The van der Waals surface area contributed by atoms with Crippen molar-refractivity contribution in [1.82, 2.24) is 0 Å². The number of rotatable bonds is 6. The molecule has 0 saturated heterocycles. The first-order chi connectivity index (χ1) is 8.22. The smallest absolute Gasteiger partial charge is 0.0165 e. The molecule has 0 aromatic heterocycles. The SMILES string of the molecule is CCC(C)SCC(N)C1CC1c1ccccc1. The van der Waals surface area contributed by atoms with Crippen molar-refractivity contribution >= 4 is 11.8 Å². The van der Waals surface area contributed by atoms with Crippen LogP contribution < -0.4 is 5.73 Å². The molecule has 2 rings (SSSR count). The van der Waals surface area contributed by atoms with Gasteiger partial charge in [-0.15, -0.1) is 0 Å². The Kier molecular flexibility index (Phi) is 4.52. The molecule has 2 heteroatoms. The van der Waals surface area contributed by atoms with E-state index in [1.807, 2.05) is 11.8 Å². The van der Waals surface area contributed by atoms with Crippen LogP contribution in [0, 0.1) is 5.92 Å². The van der Waals surface area contributed by atoms with E-state index in [1.165, 1.54) is 18.4 Å². The maximum absolute atomic E-state index is 6.29. The summed E-state index contributed by atoms with van der Waals surface area (Å²) >= 11 is 2.03. The molecule has 0 radical (unpaired) electrons. The van der Waals surface area contributed by atoms with E-state index in [0.29, 0.717) is 12.0 Å². The van der Waals surface area contributed by atoms with Gasteiger partial charge in [-0.2, -0.15) is 11.8 Å². The molecule has 4 atom stereocenters. The number of nitrogens with two attached hydrogens (primary N) is 1. The van der Waals surface area contributed by atoms with Gasteiger partial charge in [0.1, 0.15) is 0 Å². The summed E-state index contributed by atoms with van der Waals surface area (Å²) < 4.78 is 0. The molecule has 0 amide bonds. The molecule has 1 aliphatic carbocycles. The molecule has 1 fully saturated rings. The Hall–Kier alpha value is -0.470. The van der Waals surface area contributed by atoms with Crippen molar-refractivity contribution in [3.63, 3.8) is 0 Å². The molecular formula is C15H23NS. The lowest BCUT2D eigenvalue weighted by molar-refractivity contribution is 0.639. The van der Waals surface area contributed by atoms with Crippen molar-refractivity contribution in [2.75, 3.05) is 5.75 Å². The van der Waals surface area contributed by atoms with Crippen molar-refractivity contribution in [1.29, 1.82) is 0 Å². The lowest BCUT2D eigenvalue weighted by Crippen LogP contribution is -2.26. The molecule has 0 aliphatic heterocycles. The fourth-order valence-electron chi connectivity index (χ4n) is 2.29. The zero-order valence-corrected chi connectivity index (χ0v) is 11.6. The number of hydrogen-bond acceptors (Lipinski definition) is 2. The first-order valence-corrected chi connectivity index (χ1v) is 7.69. The summed E-state index contributed by atoms with van der Waals surface area (Å²) in [5.41, 5.74) is 7.76. The monoisotopic (exact) mass is 249 g/mol. The lowest BCUT2D eigenvalue weighted by atomic mass is 10.1. The van der Waals surface area contributed by atoms with E-state index in [-0.39, 0.29) is 0 Å². The summed E-state index contributed by atoms with van der Waals surface area (Å²) in [6, 6.07) is 11.2. The topological polar surface area (TPSA) is 26.0 Å². The van der Waals surface area contributed by atoms with Gasteiger partial charge in [0, 0.05) is 17.0 Å². The van der Waals surface area contributed by atoms with E-state index in [1.54, 1.807) is 0 Å². The number of thioether (sulfide) groups is 1. The Balaban J connectivity index is 1.78. The van der Waals surface area contributed by atoms with Gasteiger partial charge in [-0.25, -0.2) is 0 Å². The highest BCUT2D eigenvalue weighted by molar-refractivity contribution is 7.99. The molecule has 0 spiro atoms. The predicted octanol–water partition coefficient (Wildman–Crippen LogP) is 3.65. The van der Waals surface area contributed by atoms with E-state index in [9.17, 15) is 0 Å². The first kappa shape index (κ1) is 13.0. The molecule has 0 bridgehead atoms. The molecule has 17 heavy (non-hydrogen) atoms. The van der Waals surface area contributed by atoms with Gasteiger partial charge in [0.15, 0.2) is 0 Å². The van der Waals surface area contributed by atoms with Crippen LogP contribution in [-0.4, -0.2) is 17.0 Å². The molecule has 0 heterocycles. The Morgan fingerprint density at radius 1 is 1.35 bits per heavy atom. The minimum Gasteiger partial charge on any atom is -0.327 e. The Morgan fingerprint density at radius 3 is 2.71 bits per heavy atom. The molecular weight excluding hydrogens is 226 g/mol. The predicted molar refractivity (Wildman–Crippen MR) is 77.5 cm³/mol. The summed E-state index contributed by atoms with van der Waals surface area (Å²) in [4.78, 5) is 0. The van der Waals surface area contributed by atoms with Crippen LogP contribution in [0.5, 0.6) is 0 Å². The van der Waals surface area contributed by atoms with Crippen molar-refractivity contribution in [2.45, 2.75) is 43.9 Å². The maximum atomic E-state index is 6.29. The van der Waals surface area contributed by atoms with Crippen molar-refractivity contribution in [3.8, 4) is 0 Å². The van der Waals surface area contributed by atoms with E-state index in [4.69, 9.17) is 5.73 Å². The Bertz CT molecular complexity index is 338. The molecule has 1 nitrogen and oxygen atoms in total. The molecule has 94 valence electrons. The van der Waals surface area contributed by atoms with Crippen LogP contribution in [0.4, 0.5) is 0 Å². The van der Waals surface area contributed by atoms with E-state index in [2.05, 4.69) is 44.2 Å². The molecule has 2 N–H and O–H groups in total. The third-order valence-electron chi connectivity index (χ3n) is 3.77. The van der Waals surface area contributed by atoms with Gasteiger partial charge in [0.05, 0.1) is 0 Å². The van der Waals surface area contributed by atoms with E-state index < -0.39 is 0 Å². The quantitative estimate of drug-likeness (QED) is 0.833. The average Bonchev–Trinajstić information content (AvgIpc) is 3.17. The Labute approximate surface area is 109 Å². The second-order valence-corrected chi connectivity index (χ2v) is 6.60. The third-order valence-corrected chi connectivity index (χ3v) is 5.25. The molecule has 1 aromatic carbocycles. The molecule has 1 aromatic rings. The summed E-state index contributed by atoms with van der Waals surface area (Å²) in [7, 11) is 0. The van der Waals surface area contributed by atoms with Crippen molar-refractivity contribution in [3.05, 3.63) is 35.9 Å². The largest absolute Gasteiger partial charge is 0.327 e.